The fraction of sp³-hybridized carbons (Fsp3) is 0.429. The Morgan fingerprint density at radius 3 is 2.65 bits per heavy atom. The second-order valence-electron chi connectivity index (χ2n) is 4.76. The van der Waals surface area contributed by atoms with Crippen LogP contribution < -0.4 is 5.32 Å². The van der Waals surface area contributed by atoms with Crippen LogP contribution in [0, 0.1) is 6.92 Å². The van der Waals surface area contributed by atoms with Gasteiger partial charge in [0, 0.05) is 29.2 Å². The molecular weight excluding hydrogens is 212 g/mol. The van der Waals surface area contributed by atoms with Crippen LogP contribution in [0.3, 0.4) is 0 Å². The summed E-state index contributed by atoms with van der Waals surface area (Å²) in [4.78, 5) is 0. The molecule has 0 unspecified atom stereocenters. The highest BCUT2D eigenvalue weighted by atomic mass is 16.3. The van der Waals surface area contributed by atoms with Crippen molar-refractivity contribution in [2.45, 2.75) is 33.4 Å². The first-order chi connectivity index (χ1) is 8.06. The van der Waals surface area contributed by atoms with Gasteiger partial charge >= 0.3 is 0 Å². The fourth-order valence-corrected chi connectivity index (χ4v) is 2.56. The Kier molecular flexibility index (Phi) is 3.11. The molecule has 0 saturated carbocycles. The van der Waals surface area contributed by atoms with Crippen LogP contribution in [0.4, 0.5) is 0 Å². The highest BCUT2D eigenvalue weighted by Crippen LogP contribution is 2.31. The number of hydrogen-bond donors (Lipinski definition) is 2. The van der Waals surface area contributed by atoms with Gasteiger partial charge in [-0.2, -0.15) is 0 Å². The number of hydrogen-bond acceptors (Lipinski definition) is 2. The van der Waals surface area contributed by atoms with Crippen LogP contribution in [-0.4, -0.2) is 16.7 Å². The van der Waals surface area contributed by atoms with E-state index in [2.05, 4.69) is 30.7 Å². The summed E-state index contributed by atoms with van der Waals surface area (Å²) in [6.07, 6.45) is 0. The second-order valence-corrected chi connectivity index (χ2v) is 4.76. The Morgan fingerprint density at radius 2 is 2.06 bits per heavy atom. The van der Waals surface area contributed by atoms with Crippen molar-refractivity contribution in [1.29, 1.82) is 0 Å². The lowest BCUT2D eigenvalue weighted by atomic mass is 10.1. The quantitative estimate of drug-likeness (QED) is 0.853. The van der Waals surface area contributed by atoms with E-state index in [0.717, 1.165) is 11.9 Å². The minimum Gasteiger partial charge on any atom is -0.508 e. The van der Waals surface area contributed by atoms with Gasteiger partial charge in [0.15, 0.2) is 0 Å². The maximum Gasteiger partial charge on any atom is 0.116 e. The summed E-state index contributed by atoms with van der Waals surface area (Å²) in [5.74, 6) is 0.329. The largest absolute Gasteiger partial charge is 0.508 e. The number of nitrogens with zero attached hydrogens (tertiary/aromatic N) is 1. The van der Waals surface area contributed by atoms with Crippen molar-refractivity contribution in [3.05, 3.63) is 29.5 Å². The van der Waals surface area contributed by atoms with Gasteiger partial charge in [-0.1, -0.05) is 0 Å². The third-order valence-corrected chi connectivity index (χ3v) is 3.23. The molecule has 0 bridgehead atoms. The van der Waals surface area contributed by atoms with E-state index in [1.807, 2.05) is 19.2 Å². The minimum atomic E-state index is 0.329. The van der Waals surface area contributed by atoms with E-state index in [1.165, 1.54) is 16.8 Å². The predicted octanol–water partition coefficient (Wildman–Crippen LogP) is 2.96. The van der Waals surface area contributed by atoms with Crippen molar-refractivity contribution >= 4 is 10.9 Å². The van der Waals surface area contributed by atoms with Gasteiger partial charge < -0.3 is 15.0 Å². The molecule has 17 heavy (non-hydrogen) atoms. The number of phenolic OH excluding ortho intramolecular Hbond substituents is 1. The Morgan fingerprint density at radius 1 is 1.35 bits per heavy atom. The van der Waals surface area contributed by atoms with Gasteiger partial charge in [0.05, 0.1) is 0 Å². The summed E-state index contributed by atoms with van der Waals surface area (Å²) in [5.41, 5.74) is 3.74. The molecule has 0 atom stereocenters. The van der Waals surface area contributed by atoms with Gasteiger partial charge in [-0.05, 0) is 51.6 Å². The van der Waals surface area contributed by atoms with E-state index < -0.39 is 0 Å². The van der Waals surface area contributed by atoms with E-state index in [-0.39, 0.29) is 0 Å². The second kappa shape index (κ2) is 4.41. The molecule has 0 aliphatic heterocycles. The van der Waals surface area contributed by atoms with Crippen LogP contribution in [0.1, 0.15) is 31.1 Å². The third-order valence-electron chi connectivity index (χ3n) is 3.23. The molecule has 3 heteroatoms. The maximum atomic E-state index is 9.63. The lowest BCUT2D eigenvalue weighted by Gasteiger charge is -2.12. The molecule has 92 valence electrons. The molecule has 0 aliphatic rings. The van der Waals surface area contributed by atoms with Crippen molar-refractivity contribution in [2.24, 2.45) is 0 Å². The topological polar surface area (TPSA) is 37.2 Å². The minimum absolute atomic E-state index is 0.329. The predicted molar refractivity (Wildman–Crippen MR) is 71.5 cm³/mol. The summed E-state index contributed by atoms with van der Waals surface area (Å²) in [6.45, 7) is 7.33. The van der Waals surface area contributed by atoms with Gasteiger partial charge in [0.1, 0.15) is 5.75 Å². The van der Waals surface area contributed by atoms with Crippen molar-refractivity contribution in [3.8, 4) is 5.75 Å². The van der Waals surface area contributed by atoms with Crippen molar-refractivity contribution < 1.29 is 5.11 Å². The van der Waals surface area contributed by atoms with E-state index in [4.69, 9.17) is 0 Å². The molecule has 1 heterocycles. The van der Waals surface area contributed by atoms with Gasteiger partial charge in [-0.25, -0.2) is 0 Å². The number of nitrogens with one attached hydrogen (secondary N) is 1. The number of rotatable bonds is 3. The highest BCUT2D eigenvalue weighted by molar-refractivity contribution is 5.87. The Hall–Kier alpha value is -1.48. The fourth-order valence-electron chi connectivity index (χ4n) is 2.56. The van der Waals surface area contributed by atoms with Gasteiger partial charge in [0.2, 0.25) is 0 Å². The van der Waals surface area contributed by atoms with Crippen LogP contribution in [0.25, 0.3) is 10.9 Å². The first kappa shape index (κ1) is 12.0. The normalized spacial score (nSPS) is 11.6. The molecule has 0 saturated heterocycles. The molecule has 3 nitrogen and oxygen atoms in total. The van der Waals surface area contributed by atoms with Gasteiger partial charge in [0.25, 0.3) is 0 Å². The number of aromatic hydroxyl groups is 1. The van der Waals surface area contributed by atoms with Crippen LogP contribution >= 0.6 is 0 Å². The van der Waals surface area contributed by atoms with Gasteiger partial charge in [-0.15, -0.1) is 0 Å². The van der Waals surface area contributed by atoms with Crippen LogP contribution in [-0.2, 0) is 6.54 Å². The first-order valence-electron chi connectivity index (χ1n) is 6.03. The van der Waals surface area contributed by atoms with Crippen molar-refractivity contribution in [2.75, 3.05) is 7.05 Å². The van der Waals surface area contributed by atoms with E-state index in [1.54, 1.807) is 6.07 Å². The number of aromatic nitrogens is 1. The number of benzene rings is 1. The standard InChI is InChI=1S/C14H20N2O/c1-9(2)16-10(3)13(8-15-4)12-7-11(17)5-6-14(12)16/h5-7,9,15,17H,8H2,1-4H3. The highest BCUT2D eigenvalue weighted by Gasteiger charge is 2.15. The summed E-state index contributed by atoms with van der Waals surface area (Å²) < 4.78 is 2.32. The molecule has 0 aliphatic carbocycles. The molecule has 2 N–H and O–H groups in total. The zero-order valence-electron chi connectivity index (χ0n) is 10.9. The average molecular weight is 232 g/mol. The van der Waals surface area contributed by atoms with E-state index in [9.17, 15) is 5.11 Å². The molecule has 2 aromatic rings. The number of phenols is 1. The SMILES string of the molecule is CNCc1c(C)n(C(C)C)c2ccc(O)cc12. The van der Waals surface area contributed by atoms with Crippen LogP contribution in [0.5, 0.6) is 5.75 Å². The summed E-state index contributed by atoms with van der Waals surface area (Å²) in [6, 6.07) is 6.03. The summed E-state index contributed by atoms with van der Waals surface area (Å²) in [7, 11) is 1.95. The zero-order chi connectivity index (χ0) is 12.6. The van der Waals surface area contributed by atoms with Crippen molar-refractivity contribution in [3.63, 3.8) is 0 Å². The molecule has 1 aromatic heterocycles. The van der Waals surface area contributed by atoms with Gasteiger partial charge in [-0.3, -0.25) is 0 Å². The molecule has 0 spiro atoms. The zero-order valence-corrected chi connectivity index (χ0v) is 10.9. The first-order valence-corrected chi connectivity index (χ1v) is 6.03. The molecule has 0 radical (unpaired) electrons. The molecule has 0 amide bonds. The lowest BCUT2D eigenvalue weighted by Crippen LogP contribution is -2.08. The molecule has 2 rings (SSSR count). The smallest absolute Gasteiger partial charge is 0.116 e. The molecule has 0 fully saturated rings. The average Bonchev–Trinajstić information content (AvgIpc) is 2.53. The maximum absolute atomic E-state index is 9.63. The monoisotopic (exact) mass is 232 g/mol. The van der Waals surface area contributed by atoms with Crippen LogP contribution in [0.2, 0.25) is 0 Å². The van der Waals surface area contributed by atoms with E-state index >= 15 is 0 Å². The Balaban J connectivity index is 2.78. The van der Waals surface area contributed by atoms with Crippen LogP contribution in [0.15, 0.2) is 18.2 Å². The molecular formula is C14H20N2O. The summed E-state index contributed by atoms with van der Waals surface area (Å²) >= 11 is 0. The number of fused-ring (bicyclic) bond motifs is 1. The van der Waals surface area contributed by atoms with Crippen molar-refractivity contribution in [1.82, 2.24) is 9.88 Å². The lowest BCUT2D eigenvalue weighted by molar-refractivity contribution is 0.476. The Labute approximate surface area is 102 Å². The summed E-state index contributed by atoms with van der Waals surface area (Å²) in [5, 5.41) is 14.0. The van der Waals surface area contributed by atoms with E-state index in [0.29, 0.717) is 11.8 Å². The molecule has 1 aromatic carbocycles. The third kappa shape index (κ3) is 1.91. The Bertz CT molecular complexity index is 541.